The number of hydrogen-bond acceptors (Lipinski definition) is 4. The summed E-state index contributed by atoms with van der Waals surface area (Å²) in [5.74, 6) is 0. The summed E-state index contributed by atoms with van der Waals surface area (Å²) in [6.45, 7) is 6.97. The zero-order valence-electron chi connectivity index (χ0n) is 12.1. The van der Waals surface area contributed by atoms with E-state index in [-0.39, 0.29) is 0 Å². The van der Waals surface area contributed by atoms with Crippen LogP contribution in [0.25, 0.3) is 0 Å². The number of piperidine rings is 1. The summed E-state index contributed by atoms with van der Waals surface area (Å²) in [6.07, 6.45) is 2.71. The van der Waals surface area contributed by atoms with Crippen molar-refractivity contribution < 1.29 is 0 Å². The Hall–Kier alpha value is -0.160. The number of likely N-dealkylation sites (tertiary alicyclic amines) is 1. The summed E-state index contributed by atoms with van der Waals surface area (Å²) in [4.78, 5) is 7.18. The van der Waals surface area contributed by atoms with Gasteiger partial charge in [-0.2, -0.15) is 0 Å². The monoisotopic (exact) mass is 242 g/mol. The minimum absolute atomic E-state index is 0.754. The van der Waals surface area contributed by atoms with Gasteiger partial charge in [-0.3, -0.25) is 0 Å². The Bertz CT molecular complexity index is 196. The maximum absolute atomic E-state index is 3.50. The van der Waals surface area contributed by atoms with Gasteiger partial charge in [0.1, 0.15) is 0 Å². The number of nitrogens with one attached hydrogen (secondary N) is 1. The van der Waals surface area contributed by atoms with Gasteiger partial charge in [-0.15, -0.1) is 0 Å². The van der Waals surface area contributed by atoms with E-state index < -0.39 is 0 Å². The van der Waals surface area contributed by atoms with Crippen molar-refractivity contribution in [3.8, 4) is 0 Å². The molecule has 1 atom stereocenters. The highest BCUT2D eigenvalue weighted by atomic mass is 15.2. The SMILES string of the molecule is CN(C)CCNCCN(C)C1CCCN(C)C1. The summed E-state index contributed by atoms with van der Waals surface area (Å²) in [6, 6.07) is 0.754. The third-order valence-electron chi connectivity index (χ3n) is 3.60. The summed E-state index contributed by atoms with van der Waals surface area (Å²) in [5, 5.41) is 3.50. The average Bonchev–Trinajstić information content (AvgIpc) is 2.28. The predicted octanol–water partition coefficient (Wildman–Crippen LogP) is 0.164. The third-order valence-corrected chi connectivity index (χ3v) is 3.60. The van der Waals surface area contributed by atoms with Crippen LogP contribution in [-0.2, 0) is 0 Å². The molecule has 1 N–H and O–H groups in total. The lowest BCUT2D eigenvalue weighted by atomic mass is 10.1. The van der Waals surface area contributed by atoms with E-state index in [0.717, 1.165) is 32.2 Å². The van der Waals surface area contributed by atoms with E-state index in [9.17, 15) is 0 Å². The summed E-state index contributed by atoms with van der Waals surface area (Å²) >= 11 is 0. The number of nitrogens with zero attached hydrogens (tertiary/aromatic N) is 3. The molecule has 0 radical (unpaired) electrons. The second-order valence-electron chi connectivity index (χ2n) is 5.59. The molecule has 0 aromatic carbocycles. The maximum atomic E-state index is 3.50. The van der Waals surface area contributed by atoms with Gasteiger partial charge in [-0.1, -0.05) is 0 Å². The smallest absolute Gasteiger partial charge is 0.0221 e. The molecule has 0 aliphatic carbocycles. The molecule has 102 valence electrons. The van der Waals surface area contributed by atoms with Crippen LogP contribution in [0.3, 0.4) is 0 Å². The molecule has 1 saturated heterocycles. The highest BCUT2D eigenvalue weighted by Gasteiger charge is 2.20. The molecule has 0 aromatic heterocycles. The predicted molar refractivity (Wildman–Crippen MR) is 74.6 cm³/mol. The first-order valence-corrected chi connectivity index (χ1v) is 6.84. The zero-order valence-corrected chi connectivity index (χ0v) is 12.1. The van der Waals surface area contributed by atoms with Gasteiger partial charge in [0.05, 0.1) is 0 Å². The quantitative estimate of drug-likeness (QED) is 0.642. The Kier molecular flexibility index (Phi) is 7.04. The van der Waals surface area contributed by atoms with Crippen LogP contribution >= 0.6 is 0 Å². The van der Waals surface area contributed by atoms with Gasteiger partial charge in [0.2, 0.25) is 0 Å². The van der Waals surface area contributed by atoms with Crippen molar-refractivity contribution in [1.82, 2.24) is 20.0 Å². The molecule has 0 bridgehead atoms. The molecule has 1 fully saturated rings. The van der Waals surface area contributed by atoms with E-state index in [1.54, 1.807) is 0 Å². The van der Waals surface area contributed by atoms with Gasteiger partial charge in [0, 0.05) is 38.8 Å². The molecule has 17 heavy (non-hydrogen) atoms. The van der Waals surface area contributed by atoms with Crippen molar-refractivity contribution in [3.05, 3.63) is 0 Å². The van der Waals surface area contributed by atoms with Crippen molar-refractivity contribution in [2.75, 3.05) is 67.5 Å². The fourth-order valence-corrected chi connectivity index (χ4v) is 2.36. The number of hydrogen-bond donors (Lipinski definition) is 1. The first-order chi connectivity index (χ1) is 8.09. The Balaban J connectivity index is 2.05. The number of rotatable bonds is 7. The molecule has 1 rings (SSSR count). The standard InChI is InChI=1S/C13H30N4/c1-15(2)10-7-14-8-11-17(4)13-6-5-9-16(3)12-13/h13-14H,5-12H2,1-4H3. The van der Waals surface area contributed by atoms with Gasteiger partial charge in [-0.05, 0) is 47.6 Å². The van der Waals surface area contributed by atoms with Gasteiger partial charge < -0.3 is 20.0 Å². The average molecular weight is 242 g/mol. The van der Waals surface area contributed by atoms with Gasteiger partial charge >= 0.3 is 0 Å². The maximum Gasteiger partial charge on any atom is 0.0221 e. The van der Waals surface area contributed by atoms with E-state index in [1.807, 2.05) is 0 Å². The van der Waals surface area contributed by atoms with Crippen LogP contribution in [0, 0.1) is 0 Å². The van der Waals surface area contributed by atoms with Crippen LogP contribution in [0.5, 0.6) is 0 Å². The van der Waals surface area contributed by atoms with E-state index >= 15 is 0 Å². The molecule has 1 aliphatic rings. The van der Waals surface area contributed by atoms with Crippen LogP contribution in [-0.4, -0.2) is 88.2 Å². The van der Waals surface area contributed by atoms with Gasteiger partial charge in [0.25, 0.3) is 0 Å². The third kappa shape index (κ3) is 6.36. The highest BCUT2D eigenvalue weighted by molar-refractivity contribution is 4.77. The molecule has 1 heterocycles. The fraction of sp³-hybridized carbons (Fsp3) is 1.00. The first kappa shape index (κ1) is 14.9. The Morgan fingerprint density at radius 2 is 1.88 bits per heavy atom. The minimum Gasteiger partial charge on any atom is -0.314 e. The van der Waals surface area contributed by atoms with E-state index in [0.29, 0.717) is 0 Å². The molecule has 0 spiro atoms. The van der Waals surface area contributed by atoms with E-state index in [4.69, 9.17) is 0 Å². The van der Waals surface area contributed by atoms with Crippen LogP contribution < -0.4 is 5.32 Å². The molecule has 1 aliphatic heterocycles. The van der Waals surface area contributed by atoms with Crippen LogP contribution in [0.2, 0.25) is 0 Å². The second kappa shape index (κ2) is 8.03. The Morgan fingerprint density at radius 3 is 2.53 bits per heavy atom. The van der Waals surface area contributed by atoms with Crippen molar-refractivity contribution in [3.63, 3.8) is 0 Å². The van der Waals surface area contributed by atoms with Crippen molar-refractivity contribution >= 4 is 0 Å². The van der Waals surface area contributed by atoms with Crippen LogP contribution in [0.1, 0.15) is 12.8 Å². The van der Waals surface area contributed by atoms with Gasteiger partial charge in [0.15, 0.2) is 0 Å². The lowest BCUT2D eigenvalue weighted by Crippen LogP contribution is -2.46. The molecule has 0 aromatic rings. The molecule has 0 amide bonds. The summed E-state index contributed by atoms with van der Waals surface area (Å²) in [5.41, 5.74) is 0. The van der Waals surface area contributed by atoms with Crippen LogP contribution in [0.4, 0.5) is 0 Å². The number of likely N-dealkylation sites (N-methyl/N-ethyl adjacent to an activating group) is 3. The van der Waals surface area contributed by atoms with Gasteiger partial charge in [-0.25, -0.2) is 0 Å². The largest absolute Gasteiger partial charge is 0.314 e. The lowest BCUT2D eigenvalue weighted by molar-refractivity contribution is 0.135. The van der Waals surface area contributed by atoms with Crippen molar-refractivity contribution in [2.45, 2.75) is 18.9 Å². The molecule has 0 saturated carbocycles. The van der Waals surface area contributed by atoms with Crippen molar-refractivity contribution in [2.24, 2.45) is 0 Å². The van der Waals surface area contributed by atoms with E-state index in [1.165, 1.54) is 25.9 Å². The Labute approximate surface area is 107 Å². The summed E-state index contributed by atoms with van der Waals surface area (Å²) in [7, 11) is 8.73. The fourth-order valence-electron chi connectivity index (χ4n) is 2.36. The topological polar surface area (TPSA) is 21.8 Å². The minimum atomic E-state index is 0.754. The molecule has 4 nitrogen and oxygen atoms in total. The Morgan fingerprint density at radius 1 is 1.18 bits per heavy atom. The lowest BCUT2D eigenvalue weighted by Gasteiger charge is -2.35. The second-order valence-corrected chi connectivity index (χ2v) is 5.59. The normalized spacial score (nSPS) is 22.6. The molecular weight excluding hydrogens is 212 g/mol. The van der Waals surface area contributed by atoms with Crippen molar-refractivity contribution in [1.29, 1.82) is 0 Å². The molecule has 1 unspecified atom stereocenters. The van der Waals surface area contributed by atoms with Crippen LogP contribution in [0.15, 0.2) is 0 Å². The molecular formula is C13H30N4. The first-order valence-electron chi connectivity index (χ1n) is 6.84. The zero-order chi connectivity index (χ0) is 12.7. The molecule has 4 heteroatoms. The highest BCUT2D eigenvalue weighted by Crippen LogP contribution is 2.12. The summed E-state index contributed by atoms with van der Waals surface area (Å²) < 4.78 is 0. The van der Waals surface area contributed by atoms with E-state index in [2.05, 4.69) is 48.2 Å².